The summed E-state index contributed by atoms with van der Waals surface area (Å²) < 4.78 is 0. The van der Waals surface area contributed by atoms with E-state index in [0.29, 0.717) is 23.9 Å². The molecule has 0 aromatic carbocycles. The molecular weight excluding hydrogens is 262 g/mol. The van der Waals surface area contributed by atoms with E-state index >= 15 is 0 Å². The van der Waals surface area contributed by atoms with Crippen molar-refractivity contribution in [2.24, 2.45) is 5.92 Å². The molecule has 1 rings (SSSR count). The Hall–Kier alpha value is -0.910. The first-order chi connectivity index (χ1) is 8.71. The summed E-state index contributed by atoms with van der Waals surface area (Å²) in [5.74, 6) is -0.440. The molecule has 0 saturated heterocycles. The van der Waals surface area contributed by atoms with Crippen molar-refractivity contribution in [1.82, 2.24) is 5.32 Å². The third kappa shape index (κ3) is 5.30. The predicted octanol–water partition coefficient (Wildman–Crippen LogP) is 2.64. The number of thiophene rings is 1. The monoisotopic (exact) mass is 285 g/mol. The van der Waals surface area contributed by atoms with E-state index in [1.165, 1.54) is 11.3 Å². The van der Waals surface area contributed by atoms with Gasteiger partial charge in [-0.1, -0.05) is 13.8 Å². The van der Waals surface area contributed by atoms with Crippen molar-refractivity contribution in [2.45, 2.75) is 46.3 Å². The first-order valence-electron chi connectivity index (χ1n) is 6.47. The minimum atomic E-state index is -0.883. The van der Waals surface area contributed by atoms with Gasteiger partial charge in [-0.3, -0.25) is 0 Å². The maximum absolute atomic E-state index is 10.9. The van der Waals surface area contributed by atoms with Gasteiger partial charge < -0.3 is 15.5 Å². The largest absolute Gasteiger partial charge is 0.477 e. The molecule has 0 radical (unpaired) electrons. The normalized spacial score (nSPS) is 14.6. The summed E-state index contributed by atoms with van der Waals surface area (Å²) >= 11 is 1.29. The molecule has 1 aromatic rings. The lowest BCUT2D eigenvalue weighted by atomic mass is 9.94. The van der Waals surface area contributed by atoms with Crippen LogP contribution in [0.15, 0.2) is 6.07 Å². The van der Waals surface area contributed by atoms with E-state index in [4.69, 9.17) is 5.11 Å². The fourth-order valence-corrected chi connectivity index (χ4v) is 3.10. The molecule has 108 valence electrons. The first kappa shape index (κ1) is 16.1. The minimum absolute atomic E-state index is 0.364. The Bertz CT molecular complexity index is 438. The second-order valence-corrected chi connectivity index (χ2v) is 6.95. The highest BCUT2D eigenvalue weighted by atomic mass is 32.1. The van der Waals surface area contributed by atoms with Gasteiger partial charge >= 0.3 is 5.97 Å². The molecule has 0 aliphatic rings. The lowest BCUT2D eigenvalue weighted by Crippen LogP contribution is -2.38. The van der Waals surface area contributed by atoms with Crippen LogP contribution < -0.4 is 5.32 Å². The van der Waals surface area contributed by atoms with Gasteiger partial charge in [-0.15, -0.1) is 11.3 Å². The van der Waals surface area contributed by atoms with Crippen LogP contribution in [0.2, 0.25) is 0 Å². The number of carboxylic acid groups (broad SMARTS) is 1. The van der Waals surface area contributed by atoms with E-state index in [1.807, 2.05) is 13.8 Å². The number of nitrogens with one attached hydrogen (secondary N) is 1. The van der Waals surface area contributed by atoms with Gasteiger partial charge in [0.2, 0.25) is 0 Å². The Kier molecular flexibility index (Phi) is 5.52. The highest BCUT2D eigenvalue weighted by molar-refractivity contribution is 7.14. The highest BCUT2D eigenvalue weighted by Crippen LogP contribution is 2.22. The maximum Gasteiger partial charge on any atom is 0.345 e. The summed E-state index contributed by atoms with van der Waals surface area (Å²) in [5, 5.41) is 22.3. The quantitative estimate of drug-likeness (QED) is 0.720. The van der Waals surface area contributed by atoms with Gasteiger partial charge in [-0.2, -0.15) is 0 Å². The van der Waals surface area contributed by atoms with Crippen LogP contribution in [-0.4, -0.2) is 28.3 Å². The van der Waals surface area contributed by atoms with Gasteiger partial charge in [0, 0.05) is 18.0 Å². The van der Waals surface area contributed by atoms with Crippen LogP contribution >= 0.6 is 11.3 Å². The van der Waals surface area contributed by atoms with E-state index in [2.05, 4.69) is 19.2 Å². The predicted molar refractivity (Wildman–Crippen MR) is 77.8 cm³/mol. The topological polar surface area (TPSA) is 69.6 Å². The Morgan fingerprint density at radius 3 is 2.63 bits per heavy atom. The van der Waals surface area contributed by atoms with Crippen LogP contribution in [-0.2, 0) is 6.54 Å². The van der Waals surface area contributed by atoms with Crippen molar-refractivity contribution in [3.63, 3.8) is 0 Å². The second-order valence-electron chi connectivity index (χ2n) is 5.70. The average Bonchev–Trinajstić information content (AvgIpc) is 2.58. The Balaban J connectivity index is 2.51. The third-order valence-electron chi connectivity index (χ3n) is 2.90. The van der Waals surface area contributed by atoms with Crippen LogP contribution in [0, 0.1) is 12.8 Å². The Morgan fingerprint density at radius 2 is 2.16 bits per heavy atom. The fourth-order valence-electron chi connectivity index (χ4n) is 2.22. The molecule has 1 atom stereocenters. The van der Waals surface area contributed by atoms with E-state index in [1.54, 1.807) is 6.07 Å². The van der Waals surface area contributed by atoms with Crippen molar-refractivity contribution in [3.05, 3.63) is 21.4 Å². The van der Waals surface area contributed by atoms with E-state index < -0.39 is 11.6 Å². The number of carbonyl (C=O) groups is 1. The molecule has 0 amide bonds. The number of carboxylic acids is 1. The zero-order chi connectivity index (χ0) is 14.6. The Labute approximate surface area is 118 Å². The van der Waals surface area contributed by atoms with Gasteiger partial charge in [0.05, 0.1) is 5.60 Å². The van der Waals surface area contributed by atoms with Gasteiger partial charge in [-0.25, -0.2) is 4.79 Å². The van der Waals surface area contributed by atoms with Gasteiger partial charge in [0.15, 0.2) is 0 Å². The summed E-state index contributed by atoms with van der Waals surface area (Å²) in [4.78, 5) is 12.2. The zero-order valence-corrected chi connectivity index (χ0v) is 12.8. The van der Waals surface area contributed by atoms with E-state index in [0.717, 1.165) is 16.9 Å². The number of hydrogen-bond acceptors (Lipinski definition) is 4. The van der Waals surface area contributed by atoms with Crippen LogP contribution in [0.4, 0.5) is 0 Å². The molecular formula is C14H23NO3S. The molecule has 5 heteroatoms. The third-order valence-corrected chi connectivity index (χ3v) is 3.98. The average molecular weight is 285 g/mol. The Morgan fingerprint density at radius 1 is 1.53 bits per heavy atom. The van der Waals surface area contributed by atoms with E-state index in [-0.39, 0.29) is 0 Å². The molecule has 0 spiro atoms. The van der Waals surface area contributed by atoms with Gasteiger partial charge in [0.25, 0.3) is 0 Å². The molecule has 0 saturated carbocycles. The van der Waals surface area contributed by atoms with Crippen molar-refractivity contribution in [3.8, 4) is 0 Å². The molecule has 1 unspecified atom stereocenters. The van der Waals surface area contributed by atoms with Gasteiger partial charge in [0.1, 0.15) is 4.88 Å². The summed E-state index contributed by atoms with van der Waals surface area (Å²) in [7, 11) is 0. The standard InChI is InChI=1S/C14H23NO3S/c1-9(2)6-14(4,18)8-15-7-11-5-12(13(16)17)19-10(11)3/h5,9,15,18H,6-8H2,1-4H3,(H,16,17). The fraction of sp³-hybridized carbons (Fsp3) is 0.643. The number of hydrogen-bond donors (Lipinski definition) is 3. The lowest BCUT2D eigenvalue weighted by molar-refractivity contribution is 0.0383. The van der Waals surface area contributed by atoms with Crippen molar-refractivity contribution in [1.29, 1.82) is 0 Å². The first-order valence-corrected chi connectivity index (χ1v) is 7.28. The number of rotatable bonds is 7. The SMILES string of the molecule is Cc1sc(C(=O)O)cc1CNCC(C)(O)CC(C)C. The van der Waals surface area contributed by atoms with Crippen molar-refractivity contribution >= 4 is 17.3 Å². The maximum atomic E-state index is 10.9. The lowest BCUT2D eigenvalue weighted by Gasteiger charge is -2.25. The summed E-state index contributed by atoms with van der Waals surface area (Å²) in [5.41, 5.74) is 0.260. The second kappa shape index (κ2) is 6.50. The summed E-state index contributed by atoms with van der Waals surface area (Å²) in [6.07, 6.45) is 0.739. The van der Waals surface area contributed by atoms with Crippen LogP contribution in [0.5, 0.6) is 0 Å². The molecule has 0 aliphatic carbocycles. The zero-order valence-electron chi connectivity index (χ0n) is 12.0. The smallest absolute Gasteiger partial charge is 0.345 e. The number of aryl methyl sites for hydroxylation is 1. The molecule has 0 bridgehead atoms. The molecule has 0 fully saturated rings. The molecule has 4 nitrogen and oxygen atoms in total. The van der Waals surface area contributed by atoms with Crippen molar-refractivity contribution < 1.29 is 15.0 Å². The van der Waals surface area contributed by atoms with Crippen LogP contribution in [0.1, 0.15) is 47.3 Å². The van der Waals surface area contributed by atoms with Crippen molar-refractivity contribution in [2.75, 3.05) is 6.54 Å². The molecule has 3 N–H and O–H groups in total. The summed E-state index contributed by atoms with van der Waals surface area (Å²) in [6, 6.07) is 1.70. The van der Waals surface area contributed by atoms with Gasteiger partial charge in [-0.05, 0) is 37.8 Å². The molecule has 0 aliphatic heterocycles. The number of aliphatic hydroxyl groups is 1. The van der Waals surface area contributed by atoms with E-state index in [9.17, 15) is 9.90 Å². The molecule has 1 heterocycles. The summed E-state index contributed by atoms with van der Waals surface area (Å²) in [6.45, 7) is 8.99. The number of aromatic carboxylic acids is 1. The minimum Gasteiger partial charge on any atom is -0.477 e. The van der Waals surface area contributed by atoms with Crippen LogP contribution in [0.25, 0.3) is 0 Å². The molecule has 19 heavy (non-hydrogen) atoms. The van der Waals surface area contributed by atoms with Crippen LogP contribution in [0.3, 0.4) is 0 Å². The molecule has 1 aromatic heterocycles. The highest BCUT2D eigenvalue weighted by Gasteiger charge is 2.21.